The van der Waals surface area contributed by atoms with Gasteiger partial charge < -0.3 is 10.1 Å². The van der Waals surface area contributed by atoms with Crippen molar-refractivity contribution in [1.82, 2.24) is 5.32 Å². The SMILES string of the molecule is CC(=O)NCC=Cc1cccc(OC(F)(F)F)c1. The van der Waals surface area contributed by atoms with Crippen molar-refractivity contribution in [3.8, 4) is 5.75 Å². The largest absolute Gasteiger partial charge is 0.573 e. The monoisotopic (exact) mass is 259 g/mol. The van der Waals surface area contributed by atoms with Gasteiger partial charge in [-0.3, -0.25) is 4.79 Å². The first-order chi connectivity index (χ1) is 8.37. The Bertz CT molecular complexity index is 441. The second-order valence-corrected chi connectivity index (χ2v) is 3.46. The standard InChI is InChI=1S/C12H12F3NO2/c1-9(17)16-7-3-5-10-4-2-6-11(8-10)18-12(13,14)15/h2-6,8H,7H2,1H3,(H,16,17). The maximum absolute atomic E-state index is 12.0. The van der Waals surface area contributed by atoms with Gasteiger partial charge in [0.25, 0.3) is 0 Å². The highest BCUT2D eigenvalue weighted by Gasteiger charge is 2.30. The lowest BCUT2D eigenvalue weighted by atomic mass is 10.2. The zero-order chi connectivity index (χ0) is 13.6. The summed E-state index contributed by atoms with van der Waals surface area (Å²) in [7, 11) is 0. The Labute approximate surface area is 102 Å². The molecule has 1 rings (SSSR count). The van der Waals surface area contributed by atoms with Gasteiger partial charge in [-0.2, -0.15) is 0 Å². The minimum Gasteiger partial charge on any atom is -0.406 e. The predicted molar refractivity (Wildman–Crippen MR) is 60.8 cm³/mol. The van der Waals surface area contributed by atoms with Gasteiger partial charge in [0.15, 0.2) is 0 Å². The fourth-order valence-corrected chi connectivity index (χ4v) is 1.21. The van der Waals surface area contributed by atoms with Gasteiger partial charge in [0.2, 0.25) is 5.91 Å². The van der Waals surface area contributed by atoms with E-state index in [0.717, 1.165) is 0 Å². The Balaban J connectivity index is 2.62. The van der Waals surface area contributed by atoms with Crippen molar-refractivity contribution in [2.24, 2.45) is 0 Å². The lowest BCUT2D eigenvalue weighted by Gasteiger charge is -2.08. The van der Waals surface area contributed by atoms with Gasteiger partial charge in [0, 0.05) is 13.5 Å². The molecule has 18 heavy (non-hydrogen) atoms. The molecule has 1 amide bonds. The number of rotatable bonds is 4. The van der Waals surface area contributed by atoms with Crippen LogP contribution in [0, 0.1) is 0 Å². The second-order valence-electron chi connectivity index (χ2n) is 3.46. The van der Waals surface area contributed by atoms with Crippen LogP contribution in [0.1, 0.15) is 12.5 Å². The summed E-state index contributed by atoms with van der Waals surface area (Å²) in [6, 6.07) is 5.57. The number of amides is 1. The molecule has 6 heteroatoms. The van der Waals surface area contributed by atoms with Crippen LogP contribution in [0.15, 0.2) is 30.3 Å². The first-order valence-electron chi connectivity index (χ1n) is 5.13. The minimum absolute atomic E-state index is 0.172. The smallest absolute Gasteiger partial charge is 0.406 e. The van der Waals surface area contributed by atoms with E-state index in [2.05, 4.69) is 10.1 Å². The van der Waals surface area contributed by atoms with Crippen LogP contribution in [-0.2, 0) is 4.79 Å². The fourth-order valence-electron chi connectivity index (χ4n) is 1.21. The molecule has 0 unspecified atom stereocenters. The zero-order valence-electron chi connectivity index (χ0n) is 9.62. The molecule has 0 saturated carbocycles. The van der Waals surface area contributed by atoms with E-state index < -0.39 is 6.36 Å². The first-order valence-corrected chi connectivity index (χ1v) is 5.13. The third-order valence-corrected chi connectivity index (χ3v) is 1.87. The maximum Gasteiger partial charge on any atom is 0.573 e. The Hall–Kier alpha value is -1.98. The number of benzene rings is 1. The highest BCUT2D eigenvalue weighted by molar-refractivity contribution is 5.73. The number of hydrogen-bond donors (Lipinski definition) is 1. The van der Waals surface area contributed by atoms with Crippen LogP contribution in [0.2, 0.25) is 0 Å². The van der Waals surface area contributed by atoms with Gasteiger partial charge in [-0.25, -0.2) is 0 Å². The molecule has 0 aliphatic heterocycles. The second kappa shape index (κ2) is 6.09. The summed E-state index contributed by atoms with van der Waals surface area (Å²) >= 11 is 0. The van der Waals surface area contributed by atoms with E-state index in [1.807, 2.05) is 0 Å². The average Bonchev–Trinajstić information content (AvgIpc) is 2.22. The van der Waals surface area contributed by atoms with Crippen LogP contribution < -0.4 is 10.1 Å². The maximum atomic E-state index is 12.0. The van der Waals surface area contributed by atoms with E-state index in [9.17, 15) is 18.0 Å². The van der Waals surface area contributed by atoms with Gasteiger partial charge in [-0.05, 0) is 17.7 Å². The van der Waals surface area contributed by atoms with Gasteiger partial charge in [0.05, 0.1) is 0 Å². The Morgan fingerprint density at radius 2 is 2.17 bits per heavy atom. The van der Waals surface area contributed by atoms with E-state index in [4.69, 9.17) is 0 Å². The van der Waals surface area contributed by atoms with Crippen molar-refractivity contribution in [3.63, 3.8) is 0 Å². The summed E-state index contributed by atoms with van der Waals surface area (Å²) in [5.41, 5.74) is 0.558. The summed E-state index contributed by atoms with van der Waals surface area (Å²) < 4.78 is 39.7. The zero-order valence-corrected chi connectivity index (χ0v) is 9.62. The van der Waals surface area contributed by atoms with E-state index >= 15 is 0 Å². The molecule has 0 fully saturated rings. The number of hydrogen-bond acceptors (Lipinski definition) is 2. The number of carbonyl (C=O) groups is 1. The first kappa shape index (κ1) is 14.1. The Kier molecular flexibility index (Phi) is 4.76. The summed E-state index contributed by atoms with van der Waals surface area (Å²) in [5, 5.41) is 2.53. The third-order valence-electron chi connectivity index (χ3n) is 1.87. The highest BCUT2D eigenvalue weighted by Crippen LogP contribution is 2.23. The lowest BCUT2D eigenvalue weighted by molar-refractivity contribution is -0.274. The molecule has 1 N–H and O–H groups in total. The van der Waals surface area contributed by atoms with E-state index in [-0.39, 0.29) is 11.7 Å². The quantitative estimate of drug-likeness (QED) is 0.902. The Morgan fingerprint density at radius 1 is 1.44 bits per heavy atom. The Morgan fingerprint density at radius 3 is 2.78 bits per heavy atom. The molecule has 0 aliphatic rings. The molecule has 0 spiro atoms. The lowest BCUT2D eigenvalue weighted by Crippen LogP contribution is -2.19. The number of alkyl halides is 3. The van der Waals surface area contributed by atoms with Crippen molar-refractivity contribution in [2.75, 3.05) is 6.54 Å². The molecule has 1 aromatic rings. The summed E-state index contributed by atoms with van der Waals surface area (Å²) in [6.45, 7) is 1.70. The molecule has 0 bridgehead atoms. The van der Waals surface area contributed by atoms with Crippen LogP contribution in [0.25, 0.3) is 6.08 Å². The topological polar surface area (TPSA) is 38.3 Å². The van der Waals surface area contributed by atoms with Crippen LogP contribution in [0.5, 0.6) is 5.75 Å². The van der Waals surface area contributed by atoms with Crippen molar-refractivity contribution in [3.05, 3.63) is 35.9 Å². The molecule has 0 heterocycles. The van der Waals surface area contributed by atoms with Crippen molar-refractivity contribution < 1.29 is 22.7 Å². The van der Waals surface area contributed by atoms with Gasteiger partial charge in [-0.15, -0.1) is 13.2 Å². The number of ether oxygens (including phenoxy) is 1. The van der Waals surface area contributed by atoms with Crippen LogP contribution in [0.4, 0.5) is 13.2 Å². The highest BCUT2D eigenvalue weighted by atomic mass is 19.4. The summed E-state index contributed by atoms with van der Waals surface area (Å²) in [4.78, 5) is 10.6. The van der Waals surface area contributed by atoms with E-state index in [1.165, 1.54) is 25.1 Å². The molecule has 0 radical (unpaired) electrons. The van der Waals surface area contributed by atoms with Crippen LogP contribution in [0.3, 0.4) is 0 Å². The van der Waals surface area contributed by atoms with E-state index in [0.29, 0.717) is 12.1 Å². The predicted octanol–water partition coefficient (Wildman–Crippen LogP) is 2.73. The molecular formula is C12H12F3NO2. The average molecular weight is 259 g/mol. The number of carbonyl (C=O) groups excluding carboxylic acids is 1. The molecule has 0 atom stereocenters. The minimum atomic E-state index is -4.70. The van der Waals surface area contributed by atoms with Crippen LogP contribution in [-0.4, -0.2) is 18.8 Å². The normalized spacial score (nSPS) is 11.6. The molecule has 3 nitrogen and oxygen atoms in total. The van der Waals surface area contributed by atoms with Gasteiger partial charge >= 0.3 is 6.36 Å². The molecule has 0 aromatic heterocycles. The molecule has 1 aromatic carbocycles. The summed E-state index contributed by atoms with van der Waals surface area (Å²) in [5.74, 6) is -0.446. The van der Waals surface area contributed by atoms with E-state index in [1.54, 1.807) is 18.2 Å². The summed E-state index contributed by atoms with van der Waals surface area (Å²) in [6.07, 6.45) is -1.47. The fraction of sp³-hybridized carbons (Fsp3) is 0.250. The number of nitrogens with one attached hydrogen (secondary N) is 1. The van der Waals surface area contributed by atoms with Crippen molar-refractivity contribution in [1.29, 1.82) is 0 Å². The third kappa shape index (κ3) is 5.93. The number of halogens is 3. The molecule has 98 valence electrons. The van der Waals surface area contributed by atoms with Crippen molar-refractivity contribution in [2.45, 2.75) is 13.3 Å². The van der Waals surface area contributed by atoms with Crippen LogP contribution >= 0.6 is 0 Å². The van der Waals surface area contributed by atoms with Gasteiger partial charge in [-0.1, -0.05) is 24.3 Å². The van der Waals surface area contributed by atoms with Gasteiger partial charge in [0.1, 0.15) is 5.75 Å². The molecule has 0 aliphatic carbocycles. The molecule has 0 saturated heterocycles. The van der Waals surface area contributed by atoms with Crippen molar-refractivity contribution >= 4 is 12.0 Å². The molecular weight excluding hydrogens is 247 g/mol.